The number of carbonyl (C=O) groups is 1. The first-order valence-electron chi connectivity index (χ1n) is 6.90. The second kappa shape index (κ2) is 6.92. The van der Waals surface area contributed by atoms with Gasteiger partial charge in [0.25, 0.3) is 0 Å². The van der Waals surface area contributed by atoms with Gasteiger partial charge in [-0.15, -0.1) is 0 Å². The molecule has 1 aliphatic rings. The molecule has 0 aromatic heterocycles. The average molecular weight is 273 g/mol. The average Bonchev–Trinajstić information content (AvgIpc) is 2.47. The van der Waals surface area contributed by atoms with Crippen LogP contribution in [0.5, 0.6) is 0 Å². The third-order valence-electron chi connectivity index (χ3n) is 3.64. The molecule has 0 unspecified atom stereocenters. The summed E-state index contributed by atoms with van der Waals surface area (Å²) in [6.45, 7) is 0.634. The zero-order valence-corrected chi connectivity index (χ0v) is 11.3. The van der Waals surface area contributed by atoms with Crippen molar-refractivity contribution in [3.63, 3.8) is 0 Å². The molecule has 5 heteroatoms. The fourth-order valence-corrected chi connectivity index (χ4v) is 2.39. The molecular formula is C15H19N3O2. The molecule has 1 aromatic rings. The van der Waals surface area contributed by atoms with E-state index in [4.69, 9.17) is 5.26 Å². The first kappa shape index (κ1) is 14.4. The number of carbonyl (C=O) groups excluding carboxylic acids is 1. The monoisotopic (exact) mass is 273 g/mol. The van der Waals surface area contributed by atoms with Gasteiger partial charge in [-0.3, -0.25) is 0 Å². The lowest BCUT2D eigenvalue weighted by molar-refractivity contribution is 0.109. The van der Waals surface area contributed by atoms with E-state index in [1.807, 2.05) is 6.07 Å². The number of hydrogen-bond donors (Lipinski definition) is 3. The molecule has 0 aliphatic heterocycles. The Balaban J connectivity index is 1.73. The molecule has 3 N–H and O–H groups in total. The van der Waals surface area contributed by atoms with Crippen LogP contribution in [0, 0.1) is 17.2 Å². The molecule has 1 fully saturated rings. The van der Waals surface area contributed by atoms with E-state index in [-0.39, 0.29) is 12.1 Å². The molecular weight excluding hydrogens is 254 g/mol. The van der Waals surface area contributed by atoms with Crippen molar-refractivity contribution in [3.05, 3.63) is 29.8 Å². The Hall–Kier alpha value is -2.06. The summed E-state index contributed by atoms with van der Waals surface area (Å²) < 4.78 is 0. The van der Waals surface area contributed by atoms with Gasteiger partial charge in [0.15, 0.2) is 0 Å². The summed E-state index contributed by atoms with van der Waals surface area (Å²) in [6.07, 6.45) is 3.39. The second-order valence-corrected chi connectivity index (χ2v) is 5.20. The highest BCUT2D eigenvalue weighted by atomic mass is 16.3. The van der Waals surface area contributed by atoms with E-state index in [9.17, 15) is 9.90 Å². The number of nitrogens with zero attached hydrogens (tertiary/aromatic N) is 1. The Bertz CT molecular complexity index is 485. The maximum atomic E-state index is 11.7. The number of urea groups is 1. The van der Waals surface area contributed by atoms with Crippen molar-refractivity contribution < 1.29 is 9.90 Å². The van der Waals surface area contributed by atoms with Gasteiger partial charge in [-0.05, 0) is 55.9 Å². The number of nitrogens with one attached hydrogen (secondary N) is 2. The number of anilines is 1. The van der Waals surface area contributed by atoms with Crippen LogP contribution in [0.3, 0.4) is 0 Å². The number of benzene rings is 1. The minimum atomic E-state index is -0.235. The lowest BCUT2D eigenvalue weighted by Gasteiger charge is -2.25. The smallest absolute Gasteiger partial charge is 0.319 e. The predicted molar refractivity (Wildman–Crippen MR) is 76.1 cm³/mol. The summed E-state index contributed by atoms with van der Waals surface area (Å²) >= 11 is 0. The van der Waals surface area contributed by atoms with Crippen molar-refractivity contribution in [1.82, 2.24) is 5.32 Å². The molecule has 0 atom stereocenters. The van der Waals surface area contributed by atoms with Gasteiger partial charge in [0, 0.05) is 12.2 Å². The summed E-state index contributed by atoms with van der Waals surface area (Å²) in [5, 5.41) is 23.7. The highest BCUT2D eigenvalue weighted by molar-refractivity contribution is 5.89. The summed E-state index contributed by atoms with van der Waals surface area (Å²) in [5.41, 5.74) is 1.23. The zero-order valence-electron chi connectivity index (χ0n) is 11.3. The Morgan fingerprint density at radius 1 is 1.25 bits per heavy atom. The van der Waals surface area contributed by atoms with Crippen LogP contribution in [0.15, 0.2) is 24.3 Å². The number of nitriles is 1. The fraction of sp³-hybridized carbons (Fsp3) is 0.467. The summed E-state index contributed by atoms with van der Waals surface area (Å²) in [6, 6.07) is 8.53. The van der Waals surface area contributed by atoms with Gasteiger partial charge >= 0.3 is 6.03 Å². The van der Waals surface area contributed by atoms with E-state index in [0.717, 1.165) is 25.7 Å². The second-order valence-electron chi connectivity index (χ2n) is 5.20. The van der Waals surface area contributed by atoms with Crippen molar-refractivity contribution in [1.29, 1.82) is 5.26 Å². The number of aliphatic hydroxyl groups is 1. The van der Waals surface area contributed by atoms with Gasteiger partial charge in [-0.25, -0.2) is 4.79 Å². The number of aliphatic hydroxyl groups excluding tert-OH is 1. The van der Waals surface area contributed by atoms with Crippen LogP contribution in [0.1, 0.15) is 31.2 Å². The van der Waals surface area contributed by atoms with Gasteiger partial charge in [0.05, 0.1) is 17.7 Å². The molecule has 20 heavy (non-hydrogen) atoms. The summed E-state index contributed by atoms with van der Waals surface area (Å²) in [5.74, 6) is 0.449. The predicted octanol–water partition coefficient (Wildman–Crippen LogP) is 2.23. The van der Waals surface area contributed by atoms with Crippen LogP contribution in [-0.4, -0.2) is 23.8 Å². The van der Waals surface area contributed by atoms with Gasteiger partial charge in [-0.1, -0.05) is 0 Å². The Morgan fingerprint density at radius 3 is 2.50 bits per heavy atom. The molecule has 2 amide bonds. The quantitative estimate of drug-likeness (QED) is 0.789. The molecule has 106 valence electrons. The van der Waals surface area contributed by atoms with E-state index in [1.54, 1.807) is 24.3 Å². The van der Waals surface area contributed by atoms with Gasteiger partial charge in [0.2, 0.25) is 0 Å². The normalized spacial score (nSPS) is 21.8. The molecule has 1 aliphatic carbocycles. The van der Waals surface area contributed by atoms with Gasteiger partial charge < -0.3 is 15.7 Å². The molecule has 1 saturated carbocycles. The molecule has 2 rings (SSSR count). The lowest BCUT2D eigenvalue weighted by Crippen LogP contribution is -2.34. The van der Waals surface area contributed by atoms with Crippen molar-refractivity contribution in [2.75, 3.05) is 11.9 Å². The highest BCUT2D eigenvalue weighted by Crippen LogP contribution is 2.23. The van der Waals surface area contributed by atoms with E-state index in [2.05, 4.69) is 10.6 Å². The standard InChI is InChI=1S/C15H19N3O2/c16-9-11-1-5-13(6-2-11)18-15(20)17-10-12-3-7-14(19)8-4-12/h1-2,5-6,12,14,19H,3-4,7-8,10H2,(H2,17,18,20). The van der Waals surface area contributed by atoms with Crippen LogP contribution in [0.4, 0.5) is 10.5 Å². The fourth-order valence-electron chi connectivity index (χ4n) is 2.39. The molecule has 1 aromatic carbocycles. The van der Waals surface area contributed by atoms with E-state index in [0.29, 0.717) is 23.7 Å². The van der Waals surface area contributed by atoms with E-state index < -0.39 is 0 Å². The molecule has 0 bridgehead atoms. The van der Waals surface area contributed by atoms with Crippen molar-refractivity contribution in [3.8, 4) is 6.07 Å². The summed E-state index contributed by atoms with van der Waals surface area (Å²) in [4.78, 5) is 11.7. The highest BCUT2D eigenvalue weighted by Gasteiger charge is 2.19. The Kier molecular flexibility index (Phi) is 4.97. The minimum Gasteiger partial charge on any atom is -0.393 e. The Labute approximate surface area is 118 Å². The van der Waals surface area contributed by atoms with Crippen LogP contribution >= 0.6 is 0 Å². The van der Waals surface area contributed by atoms with Crippen LogP contribution in [-0.2, 0) is 0 Å². The van der Waals surface area contributed by atoms with Gasteiger partial charge in [0.1, 0.15) is 0 Å². The molecule has 0 saturated heterocycles. The maximum absolute atomic E-state index is 11.7. The third kappa shape index (κ3) is 4.25. The van der Waals surface area contributed by atoms with Crippen molar-refractivity contribution in [2.24, 2.45) is 5.92 Å². The minimum absolute atomic E-state index is 0.168. The van der Waals surface area contributed by atoms with Crippen LogP contribution in [0.2, 0.25) is 0 Å². The SMILES string of the molecule is N#Cc1ccc(NC(=O)NCC2CCC(O)CC2)cc1. The molecule has 0 radical (unpaired) electrons. The molecule has 0 heterocycles. The first-order chi connectivity index (χ1) is 9.67. The number of rotatable bonds is 3. The lowest BCUT2D eigenvalue weighted by atomic mass is 9.87. The topological polar surface area (TPSA) is 85.2 Å². The maximum Gasteiger partial charge on any atom is 0.319 e. The molecule has 5 nitrogen and oxygen atoms in total. The first-order valence-corrected chi connectivity index (χ1v) is 6.90. The molecule has 0 spiro atoms. The van der Waals surface area contributed by atoms with Gasteiger partial charge in [-0.2, -0.15) is 5.26 Å². The van der Waals surface area contributed by atoms with E-state index >= 15 is 0 Å². The third-order valence-corrected chi connectivity index (χ3v) is 3.64. The van der Waals surface area contributed by atoms with E-state index in [1.165, 1.54) is 0 Å². The zero-order chi connectivity index (χ0) is 14.4. The number of hydrogen-bond acceptors (Lipinski definition) is 3. The van der Waals surface area contributed by atoms with Crippen LogP contribution < -0.4 is 10.6 Å². The largest absolute Gasteiger partial charge is 0.393 e. The van der Waals surface area contributed by atoms with Crippen molar-refractivity contribution in [2.45, 2.75) is 31.8 Å². The number of amides is 2. The summed E-state index contributed by atoms with van der Waals surface area (Å²) in [7, 11) is 0. The Morgan fingerprint density at radius 2 is 1.90 bits per heavy atom. The van der Waals surface area contributed by atoms with Crippen molar-refractivity contribution >= 4 is 11.7 Å². The van der Waals surface area contributed by atoms with Crippen LogP contribution in [0.25, 0.3) is 0 Å².